The highest BCUT2D eigenvalue weighted by Crippen LogP contribution is 2.26. The number of benzene rings is 2. The van der Waals surface area contributed by atoms with Crippen LogP contribution in [0.4, 0.5) is 17.5 Å². The van der Waals surface area contributed by atoms with E-state index in [1.807, 2.05) is 42.5 Å². The molecule has 0 fully saturated rings. The van der Waals surface area contributed by atoms with Crippen molar-refractivity contribution in [1.82, 2.24) is 30.6 Å². The Hall–Kier alpha value is -4.01. The zero-order valence-electron chi connectivity index (χ0n) is 16.8. The van der Waals surface area contributed by atoms with Crippen LogP contribution in [0.2, 0.25) is 0 Å². The summed E-state index contributed by atoms with van der Waals surface area (Å²) in [5.74, 6) is 1.60. The molecule has 9 heteroatoms. The van der Waals surface area contributed by atoms with Crippen LogP contribution in [-0.2, 0) is 0 Å². The summed E-state index contributed by atoms with van der Waals surface area (Å²) in [5, 5.41) is 20.5. The van der Waals surface area contributed by atoms with Gasteiger partial charge in [0.25, 0.3) is 0 Å². The lowest BCUT2D eigenvalue weighted by Crippen LogP contribution is -2.15. The minimum Gasteiger partial charge on any atom is -0.383 e. The molecule has 0 aliphatic carbocycles. The summed E-state index contributed by atoms with van der Waals surface area (Å²) in [6.45, 7) is 5.57. The molecule has 0 amide bonds. The lowest BCUT2D eigenvalue weighted by Gasteiger charge is -2.12. The van der Waals surface area contributed by atoms with Gasteiger partial charge < -0.3 is 16.4 Å². The van der Waals surface area contributed by atoms with E-state index in [0.29, 0.717) is 24.7 Å². The molecular weight excluding hydrogens is 378 g/mol. The first-order valence-electron chi connectivity index (χ1n) is 9.63. The number of H-pyrrole nitrogens is 1. The van der Waals surface area contributed by atoms with Crippen LogP contribution in [-0.4, -0.2) is 43.7 Å². The van der Waals surface area contributed by atoms with Gasteiger partial charge in [-0.15, -0.1) is 5.10 Å². The fourth-order valence-corrected chi connectivity index (χ4v) is 3.15. The van der Waals surface area contributed by atoms with Crippen molar-refractivity contribution in [2.45, 2.75) is 13.8 Å². The SMILES string of the molecule is Cc1cccc(-c2cc(NCCNc3ccc(-c4nnn[nH]4)cc3)nc(N)n2)c1C. The number of anilines is 3. The van der Waals surface area contributed by atoms with Crippen molar-refractivity contribution in [1.29, 1.82) is 0 Å². The number of aromatic nitrogens is 6. The molecular formula is C21H23N9. The highest BCUT2D eigenvalue weighted by Gasteiger charge is 2.09. The molecule has 2 heterocycles. The van der Waals surface area contributed by atoms with Crippen molar-refractivity contribution >= 4 is 17.5 Å². The minimum atomic E-state index is 0.251. The van der Waals surface area contributed by atoms with E-state index in [4.69, 9.17) is 5.73 Å². The number of nitrogens with two attached hydrogens (primary N) is 1. The third-order valence-electron chi connectivity index (χ3n) is 4.89. The van der Waals surface area contributed by atoms with Gasteiger partial charge in [-0.2, -0.15) is 4.98 Å². The molecule has 4 rings (SSSR count). The Morgan fingerprint density at radius 3 is 2.53 bits per heavy atom. The molecule has 0 saturated heterocycles. The van der Waals surface area contributed by atoms with Crippen molar-refractivity contribution in [3.05, 3.63) is 59.7 Å². The molecule has 0 radical (unpaired) electrons. The second-order valence-corrected chi connectivity index (χ2v) is 6.92. The molecule has 0 spiro atoms. The first kappa shape index (κ1) is 19.3. The van der Waals surface area contributed by atoms with Crippen LogP contribution < -0.4 is 16.4 Å². The largest absolute Gasteiger partial charge is 0.383 e. The van der Waals surface area contributed by atoms with Gasteiger partial charge in [0.15, 0.2) is 5.82 Å². The van der Waals surface area contributed by atoms with Crippen LogP contribution in [0.1, 0.15) is 11.1 Å². The molecule has 152 valence electrons. The predicted octanol–water partition coefficient (Wildman–Crippen LogP) is 3.05. The average molecular weight is 401 g/mol. The van der Waals surface area contributed by atoms with E-state index in [1.54, 1.807) is 0 Å². The standard InChI is InChI=1S/C21H23N9/c1-13-4-3-5-17(14(13)2)18-12-19(26-21(22)25-18)24-11-10-23-16-8-6-15(7-9-16)20-27-29-30-28-20/h3-9,12,23H,10-11H2,1-2H3,(H3,22,24,25,26)(H,27,28,29,30). The van der Waals surface area contributed by atoms with E-state index in [-0.39, 0.29) is 5.95 Å². The summed E-state index contributed by atoms with van der Waals surface area (Å²) < 4.78 is 0. The summed E-state index contributed by atoms with van der Waals surface area (Å²) in [5.41, 5.74) is 12.2. The normalized spacial score (nSPS) is 10.7. The second-order valence-electron chi connectivity index (χ2n) is 6.92. The molecule has 0 aliphatic rings. The second kappa shape index (κ2) is 8.56. The summed E-state index contributed by atoms with van der Waals surface area (Å²) in [7, 11) is 0. The maximum absolute atomic E-state index is 5.94. The number of aromatic amines is 1. The molecule has 0 bridgehead atoms. The summed E-state index contributed by atoms with van der Waals surface area (Å²) in [4.78, 5) is 8.71. The van der Waals surface area contributed by atoms with Crippen molar-refractivity contribution in [3.8, 4) is 22.6 Å². The van der Waals surface area contributed by atoms with Gasteiger partial charge >= 0.3 is 0 Å². The molecule has 0 saturated carbocycles. The Labute approximate surface area is 174 Å². The predicted molar refractivity (Wildman–Crippen MR) is 118 cm³/mol. The minimum absolute atomic E-state index is 0.251. The third kappa shape index (κ3) is 4.35. The quantitative estimate of drug-likeness (QED) is 0.348. The van der Waals surface area contributed by atoms with Gasteiger partial charge in [-0.3, -0.25) is 0 Å². The molecule has 9 nitrogen and oxygen atoms in total. The third-order valence-corrected chi connectivity index (χ3v) is 4.89. The van der Waals surface area contributed by atoms with Gasteiger partial charge in [-0.05, 0) is 59.7 Å². The van der Waals surface area contributed by atoms with Crippen LogP contribution in [0.5, 0.6) is 0 Å². The van der Waals surface area contributed by atoms with Crippen LogP contribution in [0.15, 0.2) is 48.5 Å². The van der Waals surface area contributed by atoms with Crippen molar-refractivity contribution in [3.63, 3.8) is 0 Å². The Kier molecular flexibility index (Phi) is 5.51. The van der Waals surface area contributed by atoms with E-state index in [2.05, 4.69) is 61.1 Å². The van der Waals surface area contributed by atoms with Gasteiger partial charge in [0.1, 0.15) is 5.82 Å². The fraction of sp³-hybridized carbons (Fsp3) is 0.190. The van der Waals surface area contributed by atoms with Gasteiger partial charge in [0.05, 0.1) is 5.69 Å². The van der Waals surface area contributed by atoms with Crippen molar-refractivity contribution in [2.75, 3.05) is 29.5 Å². The number of hydrogen-bond acceptors (Lipinski definition) is 8. The van der Waals surface area contributed by atoms with E-state index >= 15 is 0 Å². The molecule has 0 aliphatic heterocycles. The van der Waals surface area contributed by atoms with E-state index in [9.17, 15) is 0 Å². The maximum atomic E-state index is 5.94. The van der Waals surface area contributed by atoms with Crippen molar-refractivity contribution < 1.29 is 0 Å². The lowest BCUT2D eigenvalue weighted by molar-refractivity contribution is 0.881. The molecule has 30 heavy (non-hydrogen) atoms. The monoisotopic (exact) mass is 401 g/mol. The molecule has 4 aromatic rings. The molecule has 0 unspecified atom stereocenters. The highest BCUT2D eigenvalue weighted by atomic mass is 15.5. The van der Waals surface area contributed by atoms with E-state index in [0.717, 1.165) is 22.5 Å². The number of nitrogens with zero attached hydrogens (tertiary/aromatic N) is 5. The van der Waals surface area contributed by atoms with Gasteiger partial charge in [-0.1, -0.05) is 18.2 Å². The molecule has 5 N–H and O–H groups in total. The average Bonchev–Trinajstić information content (AvgIpc) is 3.28. The van der Waals surface area contributed by atoms with Crippen LogP contribution in [0.25, 0.3) is 22.6 Å². The summed E-state index contributed by atoms with van der Waals surface area (Å²) in [6.07, 6.45) is 0. The topological polar surface area (TPSA) is 130 Å². The number of nitrogens with one attached hydrogen (secondary N) is 3. The van der Waals surface area contributed by atoms with Crippen LogP contribution >= 0.6 is 0 Å². The highest BCUT2D eigenvalue weighted by molar-refractivity contribution is 5.68. The van der Waals surface area contributed by atoms with Gasteiger partial charge in [-0.25, -0.2) is 10.1 Å². The fourth-order valence-electron chi connectivity index (χ4n) is 3.15. The number of tetrazole rings is 1. The maximum Gasteiger partial charge on any atom is 0.222 e. The first-order chi connectivity index (χ1) is 14.6. The first-order valence-corrected chi connectivity index (χ1v) is 9.63. The summed E-state index contributed by atoms with van der Waals surface area (Å²) in [6, 6.07) is 16.0. The summed E-state index contributed by atoms with van der Waals surface area (Å²) >= 11 is 0. The molecule has 2 aromatic carbocycles. The van der Waals surface area contributed by atoms with E-state index in [1.165, 1.54) is 11.1 Å². The van der Waals surface area contributed by atoms with Gasteiger partial charge in [0.2, 0.25) is 5.95 Å². The molecule has 0 atom stereocenters. The van der Waals surface area contributed by atoms with Gasteiger partial charge in [0, 0.05) is 36.0 Å². The zero-order valence-corrected chi connectivity index (χ0v) is 16.8. The smallest absolute Gasteiger partial charge is 0.222 e. The van der Waals surface area contributed by atoms with Crippen LogP contribution in [0.3, 0.4) is 0 Å². The molecule has 2 aromatic heterocycles. The number of nitrogen functional groups attached to an aromatic ring is 1. The number of rotatable bonds is 7. The number of aryl methyl sites for hydroxylation is 1. The lowest BCUT2D eigenvalue weighted by atomic mass is 10.0. The van der Waals surface area contributed by atoms with Crippen molar-refractivity contribution in [2.24, 2.45) is 0 Å². The Morgan fingerprint density at radius 1 is 0.967 bits per heavy atom. The Morgan fingerprint density at radius 2 is 1.77 bits per heavy atom. The zero-order chi connectivity index (χ0) is 20.9. The Bertz CT molecular complexity index is 1120. The number of hydrogen-bond donors (Lipinski definition) is 4. The van der Waals surface area contributed by atoms with E-state index < -0.39 is 0 Å². The Balaban J connectivity index is 1.36. The van der Waals surface area contributed by atoms with Crippen LogP contribution in [0, 0.1) is 13.8 Å².